The Hall–Kier alpha value is -2.84. The van der Waals surface area contributed by atoms with E-state index in [0.717, 1.165) is 25.7 Å². The molecule has 2 saturated carbocycles. The Bertz CT molecular complexity index is 1230. The maximum atomic E-state index is 13.4. The van der Waals surface area contributed by atoms with E-state index in [2.05, 4.69) is 26.2 Å². The molecule has 2 aliphatic carbocycles. The molecule has 40 heavy (non-hydrogen) atoms. The molecule has 1 aromatic heterocycles. The Morgan fingerprint density at radius 2 is 1.98 bits per heavy atom. The van der Waals surface area contributed by atoms with Crippen molar-refractivity contribution < 1.29 is 24.3 Å². The van der Waals surface area contributed by atoms with Crippen LogP contribution in [0.1, 0.15) is 46.0 Å². The number of carbonyl (C=O) groups is 4. The fraction of sp³-hybridized carbons (Fsp3) is 0.731. The Morgan fingerprint density at radius 1 is 1.25 bits per heavy atom. The van der Waals surface area contributed by atoms with Crippen molar-refractivity contribution >= 4 is 35.3 Å². The van der Waals surface area contributed by atoms with Crippen LogP contribution < -0.4 is 16.4 Å². The summed E-state index contributed by atoms with van der Waals surface area (Å²) in [6.07, 6.45) is 5.96. The molecule has 14 heteroatoms. The van der Waals surface area contributed by atoms with Crippen LogP contribution in [0.3, 0.4) is 0 Å². The summed E-state index contributed by atoms with van der Waals surface area (Å²) in [5, 5.41) is 27.0. The van der Waals surface area contributed by atoms with Crippen LogP contribution >= 0.6 is 11.8 Å². The molecule has 6 rings (SSSR count). The number of tetrazole rings is 1. The van der Waals surface area contributed by atoms with Crippen molar-refractivity contribution in [3.05, 3.63) is 16.9 Å². The van der Waals surface area contributed by atoms with Crippen LogP contribution in [-0.4, -0.2) is 89.7 Å². The van der Waals surface area contributed by atoms with Crippen molar-refractivity contribution in [3.8, 4) is 0 Å². The van der Waals surface area contributed by atoms with Gasteiger partial charge in [0.15, 0.2) is 5.78 Å². The highest BCUT2D eigenvalue weighted by atomic mass is 32.2. The number of thioether (sulfide) groups is 1. The number of nitrogens with one attached hydrogen (secondary N) is 2. The van der Waals surface area contributed by atoms with E-state index in [1.165, 1.54) is 27.7 Å². The van der Waals surface area contributed by atoms with Crippen LogP contribution in [0.25, 0.3) is 0 Å². The van der Waals surface area contributed by atoms with Crippen LogP contribution in [0.2, 0.25) is 0 Å². The lowest BCUT2D eigenvalue weighted by Crippen LogP contribution is -2.66. The average molecular weight is 573 g/mol. The lowest BCUT2D eigenvalue weighted by Gasteiger charge is -2.47. The van der Waals surface area contributed by atoms with Crippen molar-refractivity contribution in [1.82, 2.24) is 35.7 Å². The highest BCUT2D eigenvalue weighted by molar-refractivity contribution is 8.03. The molecule has 3 aliphatic heterocycles. The number of fused-ring (bicyclic) bond motifs is 3. The van der Waals surface area contributed by atoms with Gasteiger partial charge in [-0.3, -0.25) is 14.4 Å². The van der Waals surface area contributed by atoms with Crippen LogP contribution in [0.5, 0.6) is 0 Å². The number of β-lactam (4-membered cyclic amide) rings is 1. The molecule has 10 atom stereocenters. The molecule has 13 nitrogen and oxygen atoms in total. The minimum absolute atomic E-state index is 0.0311. The molecule has 0 aromatic carbocycles. The first-order chi connectivity index (χ1) is 19.1. The summed E-state index contributed by atoms with van der Waals surface area (Å²) in [4.78, 5) is 53.4. The number of ketones is 1. The molecular formula is C26H36N8O5S. The number of rotatable bonds is 9. The van der Waals surface area contributed by atoms with Gasteiger partial charge in [-0.2, -0.15) is 0 Å². The normalized spacial score (nSPS) is 37.3. The summed E-state index contributed by atoms with van der Waals surface area (Å²) in [5.41, 5.74) is 6.37. The first-order valence-electron chi connectivity index (χ1n) is 14.1. The SMILES string of the molecule is C[C@@H](NC(=O)Cn1cnnn1)[C@H]1C(=O)N2C(C(=O)O)=C(S[C@@H]3CN[C@H](C(=O)C4C[C@H]5CC[C@@H](C4)C5N)C3)[C@H](C)[C@H]12. The fourth-order valence-corrected chi connectivity index (χ4v) is 9.25. The second-order valence-corrected chi connectivity index (χ2v) is 13.4. The number of amides is 2. The molecule has 2 unspecified atom stereocenters. The van der Waals surface area contributed by atoms with Gasteiger partial charge in [-0.15, -0.1) is 16.9 Å². The van der Waals surface area contributed by atoms with E-state index < -0.39 is 17.9 Å². The van der Waals surface area contributed by atoms with Gasteiger partial charge in [0.25, 0.3) is 0 Å². The van der Waals surface area contributed by atoms with Gasteiger partial charge in [0.2, 0.25) is 11.8 Å². The maximum absolute atomic E-state index is 13.4. The second-order valence-electron chi connectivity index (χ2n) is 12.1. The number of aromatic nitrogens is 4. The number of hydrogen-bond donors (Lipinski definition) is 4. The number of nitrogens with zero attached hydrogens (tertiary/aromatic N) is 5. The van der Waals surface area contributed by atoms with E-state index in [0.29, 0.717) is 29.7 Å². The van der Waals surface area contributed by atoms with Gasteiger partial charge in [0.05, 0.1) is 18.0 Å². The standard InChI is InChI=1S/C26H36N8O5S/c1-11-21-19(12(2)30-18(35)9-33-10-29-31-32-33)25(37)34(21)22(26(38)39)24(11)40-16-7-17(28-8-16)23(36)15-5-13-3-4-14(6-15)20(13)27/h10-17,19-21,28H,3-9,27H2,1-2H3,(H,30,35)(H,38,39)/t11-,12-,13-,14+,15?,16+,17+,19-,20?,21-/m1/s1. The van der Waals surface area contributed by atoms with Crippen LogP contribution in [-0.2, 0) is 25.7 Å². The summed E-state index contributed by atoms with van der Waals surface area (Å²) in [7, 11) is 0. The van der Waals surface area contributed by atoms with E-state index in [1.54, 1.807) is 6.92 Å². The van der Waals surface area contributed by atoms with Gasteiger partial charge >= 0.3 is 5.97 Å². The van der Waals surface area contributed by atoms with Crippen LogP contribution in [0.15, 0.2) is 16.9 Å². The molecule has 2 bridgehead atoms. The molecule has 1 aromatic rings. The predicted octanol–water partition coefficient (Wildman–Crippen LogP) is -0.253. The van der Waals surface area contributed by atoms with E-state index in [9.17, 15) is 24.3 Å². The first-order valence-corrected chi connectivity index (χ1v) is 15.0. The summed E-state index contributed by atoms with van der Waals surface area (Å²) in [5.74, 6) is -1.30. The fourth-order valence-electron chi connectivity index (χ4n) is 7.77. The second kappa shape index (κ2) is 10.5. The largest absolute Gasteiger partial charge is 0.477 e. The summed E-state index contributed by atoms with van der Waals surface area (Å²) < 4.78 is 1.29. The maximum Gasteiger partial charge on any atom is 0.353 e. The Labute approximate surface area is 236 Å². The number of aliphatic carboxylic acids is 1. The number of hydrogen-bond acceptors (Lipinski definition) is 10. The summed E-state index contributed by atoms with van der Waals surface area (Å²) in [6, 6.07) is -0.844. The third-order valence-electron chi connectivity index (χ3n) is 9.72. The summed E-state index contributed by atoms with van der Waals surface area (Å²) in [6.45, 7) is 4.23. The first kappa shape index (κ1) is 27.3. The quantitative estimate of drug-likeness (QED) is 0.286. The van der Waals surface area contributed by atoms with Gasteiger partial charge in [0, 0.05) is 40.6 Å². The van der Waals surface area contributed by atoms with Gasteiger partial charge in [0.1, 0.15) is 18.6 Å². The van der Waals surface area contributed by atoms with E-state index in [-0.39, 0.29) is 65.1 Å². The highest BCUT2D eigenvalue weighted by Crippen LogP contribution is 2.52. The highest BCUT2D eigenvalue weighted by Gasteiger charge is 2.60. The molecule has 5 N–H and O–H groups in total. The van der Waals surface area contributed by atoms with Crippen molar-refractivity contribution in [3.63, 3.8) is 0 Å². The smallest absolute Gasteiger partial charge is 0.353 e. The Morgan fingerprint density at radius 3 is 2.62 bits per heavy atom. The van der Waals surface area contributed by atoms with Gasteiger partial charge in [-0.25, -0.2) is 9.48 Å². The number of nitrogens with two attached hydrogens (primary N) is 1. The third-order valence-corrected chi connectivity index (χ3v) is 11.2. The molecular weight excluding hydrogens is 536 g/mol. The Balaban J connectivity index is 1.09. The van der Waals surface area contributed by atoms with E-state index >= 15 is 0 Å². The predicted molar refractivity (Wildman–Crippen MR) is 143 cm³/mol. The molecule has 2 amide bonds. The number of carboxylic acid groups (broad SMARTS) is 1. The van der Waals surface area contributed by atoms with E-state index in [4.69, 9.17) is 5.73 Å². The molecule has 0 radical (unpaired) electrons. The van der Waals surface area contributed by atoms with Crippen molar-refractivity contribution in [2.75, 3.05) is 6.54 Å². The Kier molecular flexibility index (Phi) is 7.20. The lowest BCUT2D eigenvalue weighted by atomic mass is 9.74. The molecule has 0 spiro atoms. The number of carboxylic acids is 1. The minimum Gasteiger partial charge on any atom is -0.477 e. The van der Waals surface area contributed by atoms with Crippen LogP contribution in [0, 0.1) is 29.6 Å². The number of Topliss-reactive ketones (excluding diaryl/α,β-unsaturated/α-hetero) is 1. The van der Waals surface area contributed by atoms with Gasteiger partial charge in [-0.1, -0.05) is 6.92 Å². The monoisotopic (exact) mass is 572 g/mol. The zero-order valence-corrected chi connectivity index (χ0v) is 23.4. The molecule has 4 heterocycles. The van der Waals surface area contributed by atoms with Gasteiger partial charge < -0.3 is 26.4 Å². The van der Waals surface area contributed by atoms with Gasteiger partial charge in [-0.05, 0) is 61.3 Å². The zero-order chi connectivity index (χ0) is 28.3. The molecule has 4 fully saturated rings. The third kappa shape index (κ3) is 4.63. The molecule has 216 valence electrons. The number of carbonyl (C=O) groups excluding carboxylic acids is 3. The summed E-state index contributed by atoms with van der Waals surface area (Å²) >= 11 is 1.48. The molecule has 5 aliphatic rings. The zero-order valence-electron chi connectivity index (χ0n) is 22.6. The lowest BCUT2D eigenvalue weighted by molar-refractivity contribution is -0.158. The average Bonchev–Trinajstić information content (AvgIpc) is 3.66. The van der Waals surface area contributed by atoms with Crippen molar-refractivity contribution in [2.45, 2.75) is 81.9 Å². The van der Waals surface area contributed by atoms with Crippen LogP contribution in [0.4, 0.5) is 0 Å². The minimum atomic E-state index is -1.13. The van der Waals surface area contributed by atoms with Crippen molar-refractivity contribution in [2.24, 2.45) is 35.3 Å². The molecule has 2 saturated heterocycles. The van der Waals surface area contributed by atoms with Crippen molar-refractivity contribution in [1.29, 1.82) is 0 Å². The van der Waals surface area contributed by atoms with E-state index in [1.807, 2.05) is 6.92 Å². The topological polar surface area (TPSA) is 185 Å².